The number of ether oxygens (including phenoxy) is 1. The Morgan fingerprint density at radius 3 is 2.78 bits per heavy atom. The molecule has 0 saturated heterocycles. The molecule has 0 aliphatic carbocycles. The van der Waals surface area contributed by atoms with Crippen LogP contribution >= 0.6 is 15.9 Å². The molecule has 1 aromatic carbocycles. The maximum Gasteiger partial charge on any atom is 0.273 e. The van der Waals surface area contributed by atoms with Gasteiger partial charge in [0, 0.05) is 12.0 Å². The van der Waals surface area contributed by atoms with E-state index in [1.165, 1.54) is 18.2 Å². The lowest BCUT2D eigenvalue weighted by Crippen LogP contribution is -2.18. The van der Waals surface area contributed by atoms with Crippen molar-refractivity contribution >= 4 is 27.4 Å². The molecule has 0 radical (unpaired) electrons. The molecular weight excluding hydrogens is 302 g/mol. The molecule has 0 aliphatic heterocycles. The van der Waals surface area contributed by atoms with Crippen LogP contribution in [-0.4, -0.2) is 17.3 Å². The van der Waals surface area contributed by atoms with E-state index < -0.39 is 4.92 Å². The maximum absolute atomic E-state index is 11.6. The Balaban J connectivity index is 2.75. The van der Waals surface area contributed by atoms with Crippen LogP contribution in [0.1, 0.15) is 20.3 Å². The molecule has 0 aromatic heterocycles. The summed E-state index contributed by atoms with van der Waals surface area (Å²) >= 11 is 3.22. The Bertz CT molecular complexity index is 461. The number of ketones is 1. The second-order valence-corrected chi connectivity index (χ2v) is 4.79. The van der Waals surface area contributed by atoms with Crippen LogP contribution in [0.3, 0.4) is 0 Å². The van der Waals surface area contributed by atoms with E-state index in [0.717, 1.165) is 6.42 Å². The quantitative estimate of drug-likeness (QED) is 0.596. The monoisotopic (exact) mass is 315 g/mol. The van der Waals surface area contributed by atoms with Gasteiger partial charge in [-0.05, 0) is 28.4 Å². The van der Waals surface area contributed by atoms with E-state index in [0.29, 0.717) is 10.2 Å². The third kappa shape index (κ3) is 3.80. The van der Waals surface area contributed by atoms with Crippen molar-refractivity contribution in [2.24, 2.45) is 5.92 Å². The molecule has 5 nitrogen and oxygen atoms in total. The van der Waals surface area contributed by atoms with Crippen molar-refractivity contribution in [3.8, 4) is 5.75 Å². The SMILES string of the molecule is CCC(C)C(=O)COc1cc([N+](=O)[O-])ccc1Br. The smallest absolute Gasteiger partial charge is 0.273 e. The minimum atomic E-state index is -0.504. The summed E-state index contributed by atoms with van der Waals surface area (Å²) in [7, 11) is 0. The first-order chi connectivity index (χ1) is 8.45. The summed E-state index contributed by atoms with van der Waals surface area (Å²) in [5.41, 5.74) is -0.0656. The predicted molar refractivity (Wildman–Crippen MR) is 70.8 cm³/mol. The number of benzene rings is 1. The summed E-state index contributed by atoms with van der Waals surface area (Å²) in [6.07, 6.45) is 0.748. The van der Waals surface area contributed by atoms with Gasteiger partial charge in [-0.15, -0.1) is 0 Å². The highest BCUT2D eigenvalue weighted by atomic mass is 79.9. The maximum atomic E-state index is 11.6. The summed E-state index contributed by atoms with van der Waals surface area (Å²) in [5, 5.41) is 10.6. The lowest BCUT2D eigenvalue weighted by atomic mass is 10.1. The van der Waals surface area contributed by atoms with E-state index in [9.17, 15) is 14.9 Å². The van der Waals surface area contributed by atoms with E-state index in [-0.39, 0.29) is 24.0 Å². The number of nitro benzene ring substituents is 1. The number of hydrogen-bond donors (Lipinski definition) is 0. The number of nitrogens with zero attached hydrogens (tertiary/aromatic N) is 1. The van der Waals surface area contributed by atoms with Crippen LogP contribution in [0, 0.1) is 16.0 Å². The molecule has 1 unspecified atom stereocenters. The standard InChI is InChI=1S/C12H14BrNO4/c1-3-8(2)11(15)7-18-12-6-9(14(16)17)4-5-10(12)13/h4-6,8H,3,7H2,1-2H3. The second-order valence-electron chi connectivity index (χ2n) is 3.94. The van der Waals surface area contributed by atoms with Crippen LogP contribution in [0.4, 0.5) is 5.69 Å². The Labute approximate surface area is 113 Å². The lowest BCUT2D eigenvalue weighted by Gasteiger charge is -2.10. The summed E-state index contributed by atoms with van der Waals surface area (Å²) < 4.78 is 5.90. The summed E-state index contributed by atoms with van der Waals surface area (Å²) in [4.78, 5) is 21.7. The lowest BCUT2D eigenvalue weighted by molar-refractivity contribution is -0.385. The Hall–Kier alpha value is -1.43. The Kier molecular flexibility index (Phi) is 5.27. The number of non-ortho nitro benzene ring substituents is 1. The summed E-state index contributed by atoms with van der Waals surface area (Å²) in [6.45, 7) is 3.68. The Morgan fingerprint density at radius 1 is 1.56 bits per heavy atom. The molecule has 18 heavy (non-hydrogen) atoms. The van der Waals surface area contributed by atoms with Crippen LogP contribution < -0.4 is 4.74 Å². The number of carbonyl (C=O) groups excluding carboxylic acids is 1. The number of hydrogen-bond acceptors (Lipinski definition) is 4. The van der Waals surface area contributed by atoms with Crippen LogP contribution in [0.25, 0.3) is 0 Å². The van der Waals surface area contributed by atoms with Gasteiger partial charge < -0.3 is 4.74 Å². The van der Waals surface area contributed by atoms with Crippen molar-refractivity contribution in [2.45, 2.75) is 20.3 Å². The van der Waals surface area contributed by atoms with Gasteiger partial charge in [0.2, 0.25) is 0 Å². The average Bonchev–Trinajstić information content (AvgIpc) is 2.36. The molecule has 1 aromatic rings. The van der Waals surface area contributed by atoms with E-state index >= 15 is 0 Å². The van der Waals surface area contributed by atoms with E-state index in [2.05, 4.69) is 15.9 Å². The van der Waals surface area contributed by atoms with Crippen molar-refractivity contribution in [3.63, 3.8) is 0 Å². The average molecular weight is 316 g/mol. The second kappa shape index (κ2) is 6.49. The van der Waals surface area contributed by atoms with Gasteiger partial charge in [-0.2, -0.15) is 0 Å². The number of Topliss-reactive ketones (excluding diaryl/α,β-unsaturated/α-hetero) is 1. The van der Waals surface area contributed by atoms with Gasteiger partial charge in [0.15, 0.2) is 5.78 Å². The largest absolute Gasteiger partial charge is 0.484 e. The van der Waals surface area contributed by atoms with Crippen LogP contribution in [0.5, 0.6) is 5.75 Å². The molecule has 0 bridgehead atoms. The molecule has 0 heterocycles. The summed E-state index contributed by atoms with van der Waals surface area (Å²) in [6, 6.07) is 4.20. The summed E-state index contributed by atoms with van der Waals surface area (Å²) in [5.74, 6) is 0.222. The van der Waals surface area contributed by atoms with E-state index in [1.54, 1.807) is 0 Å². The molecule has 1 atom stereocenters. The van der Waals surface area contributed by atoms with Crippen molar-refractivity contribution in [3.05, 3.63) is 32.8 Å². The topological polar surface area (TPSA) is 69.4 Å². The van der Waals surface area contributed by atoms with Crippen LogP contribution in [0.15, 0.2) is 22.7 Å². The molecule has 0 spiro atoms. The van der Waals surface area contributed by atoms with E-state index in [4.69, 9.17) is 4.74 Å². The molecule has 1 rings (SSSR count). The van der Waals surface area contributed by atoms with Crippen molar-refractivity contribution in [2.75, 3.05) is 6.61 Å². The van der Waals surface area contributed by atoms with Crippen molar-refractivity contribution in [1.82, 2.24) is 0 Å². The zero-order chi connectivity index (χ0) is 13.7. The number of nitro groups is 1. The minimum Gasteiger partial charge on any atom is -0.484 e. The molecule has 0 N–H and O–H groups in total. The third-order valence-corrected chi connectivity index (χ3v) is 3.31. The fraction of sp³-hybridized carbons (Fsp3) is 0.417. The number of rotatable bonds is 6. The van der Waals surface area contributed by atoms with Crippen LogP contribution in [-0.2, 0) is 4.79 Å². The highest BCUT2D eigenvalue weighted by Gasteiger charge is 2.14. The van der Waals surface area contributed by atoms with Gasteiger partial charge in [0.1, 0.15) is 12.4 Å². The molecule has 6 heteroatoms. The molecule has 0 saturated carbocycles. The molecule has 0 fully saturated rings. The first kappa shape index (κ1) is 14.6. The fourth-order valence-electron chi connectivity index (χ4n) is 1.24. The van der Waals surface area contributed by atoms with Gasteiger partial charge in [-0.25, -0.2) is 0 Å². The minimum absolute atomic E-state index is 0.0177. The first-order valence-corrected chi connectivity index (χ1v) is 6.34. The van der Waals surface area contributed by atoms with Gasteiger partial charge in [-0.1, -0.05) is 13.8 Å². The predicted octanol–water partition coefficient (Wildman–Crippen LogP) is 3.35. The van der Waals surface area contributed by atoms with Crippen molar-refractivity contribution < 1.29 is 14.5 Å². The fourth-order valence-corrected chi connectivity index (χ4v) is 1.60. The van der Waals surface area contributed by atoms with Gasteiger partial charge in [-0.3, -0.25) is 14.9 Å². The van der Waals surface area contributed by atoms with Gasteiger partial charge in [0.05, 0.1) is 15.5 Å². The Morgan fingerprint density at radius 2 is 2.22 bits per heavy atom. The number of carbonyl (C=O) groups is 1. The third-order valence-electron chi connectivity index (χ3n) is 2.66. The van der Waals surface area contributed by atoms with Gasteiger partial charge >= 0.3 is 0 Å². The highest BCUT2D eigenvalue weighted by Crippen LogP contribution is 2.29. The molecule has 0 amide bonds. The highest BCUT2D eigenvalue weighted by molar-refractivity contribution is 9.10. The zero-order valence-electron chi connectivity index (χ0n) is 10.2. The molecular formula is C12H14BrNO4. The molecule has 0 aliphatic rings. The van der Waals surface area contributed by atoms with Crippen molar-refractivity contribution in [1.29, 1.82) is 0 Å². The van der Waals surface area contributed by atoms with Crippen LogP contribution in [0.2, 0.25) is 0 Å². The van der Waals surface area contributed by atoms with E-state index in [1.807, 2.05) is 13.8 Å². The zero-order valence-corrected chi connectivity index (χ0v) is 11.8. The first-order valence-electron chi connectivity index (χ1n) is 5.55. The number of halogens is 1. The normalized spacial score (nSPS) is 11.9. The van der Waals surface area contributed by atoms with Gasteiger partial charge in [0.25, 0.3) is 5.69 Å². The molecule has 98 valence electrons.